The van der Waals surface area contributed by atoms with E-state index in [1.54, 1.807) is 27.7 Å². The second-order valence-corrected chi connectivity index (χ2v) is 7.57. The zero-order valence-electron chi connectivity index (χ0n) is 17.4. The van der Waals surface area contributed by atoms with Gasteiger partial charge in [-0.05, 0) is 25.2 Å². The number of hydrogen-bond acceptors (Lipinski definition) is 6. The van der Waals surface area contributed by atoms with Crippen LogP contribution in [0.5, 0.6) is 0 Å². The van der Waals surface area contributed by atoms with Crippen LogP contribution in [0.25, 0.3) is 0 Å². The Morgan fingerprint density at radius 2 is 1.24 bits per heavy atom. The molecule has 29 heavy (non-hydrogen) atoms. The second-order valence-electron chi connectivity index (χ2n) is 7.57. The highest BCUT2D eigenvalue weighted by Crippen LogP contribution is 2.07. The van der Waals surface area contributed by atoms with E-state index in [0.29, 0.717) is 0 Å². The van der Waals surface area contributed by atoms with Gasteiger partial charge in [0.2, 0.25) is 17.7 Å². The molecule has 0 aromatic carbocycles. The molecule has 3 amide bonds. The lowest BCUT2D eigenvalue weighted by atomic mass is 10.00. The minimum atomic E-state index is -1.18. The van der Waals surface area contributed by atoms with Gasteiger partial charge in [-0.2, -0.15) is 0 Å². The van der Waals surface area contributed by atoms with E-state index in [0.717, 1.165) is 0 Å². The predicted molar refractivity (Wildman–Crippen MR) is 104 cm³/mol. The van der Waals surface area contributed by atoms with Crippen molar-refractivity contribution < 1.29 is 34.2 Å². The summed E-state index contributed by atoms with van der Waals surface area (Å²) in [6.07, 6.45) is -0.371. The molecule has 0 rings (SSSR count). The second kappa shape index (κ2) is 12.0. The molecule has 0 saturated carbocycles. The average Bonchev–Trinajstić information content (AvgIpc) is 2.60. The van der Waals surface area contributed by atoms with Crippen molar-refractivity contribution >= 4 is 29.7 Å². The van der Waals surface area contributed by atoms with Crippen LogP contribution in [0, 0.1) is 11.8 Å². The summed E-state index contributed by atoms with van der Waals surface area (Å²) in [5, 5.41) is 25.1. The van der Waals surface area contributed by atoms with E-state index in [1.807, 2.05) is 0 Å². The molecule has 0 fully saturated rings. The molecule has 0 spiro atoms. The van der Waals surface area contributed by atoms with Gasteiger partial charge in [-0.25, -0.2) is 4.79 Å². The summed E-state index contributed by atoms with van der Waals surface area (Å²) in [6, 6.07) is -4.24. The molecule has 0 aromatic heterocycles. The van der Waals surface area contributed by atoms with Crippen LogP contribution >= 0.6 is 0 Å². The molecule has 7 N–H and O–H groups in total. The van der Waals surface area contributed by atoms with Crippen LogP contribution in [0.1, 0.15) is 47.5 Å². The fraction of sp³-hybridized carbons (Fsp3) is 0.722. The van der Waals surface area contributed by atoms with Gasteiger partial charge in [0.1, 0.15) is 18.1 Å². The number of nitrogens with one attached hydrogen (secondary N) is 3. The van der Waals surface area contributed by atoms with E-state index in [4.69, 9.17) is 10.8 Å². The van der Waals surface area contributed by atoms with Crippen LogP contribution in [0.4, 0.5) is 0 Å². The standard InChI is InChI=1S/C18H32N4O7/c1-8(2)13(17(27)22-14(9(3)4)18(28)29)21-15(25)10(5)20-16(26)11(19)6-7-12(23)24/h8-11,13-14H,6-7,19H2,1-5H3,(H,20,26)(H,21,25)(H,22,27)(H,23,24)(H,28,29). The van der Waals surface area contributed by atoms with Crippen molar-refractivity contribution in [2.45, 2.75) is 71.6 Å². The number of carboxylic acid groups (broad SMARTS) is 2. The molecule has 4 atom stereocenters. The summed E-state index contributed by atoms with van der Waals surface area (Å²) in [5.74, 6) is -4.97. The predicted octanol–water partition coefficient (Wildman–Crippen LogP) is -0.951. The monoisotopic (exact) mass is 416 g/mol. The van der Waals surface area contributed by atoms with Crippen LogP contribution in [-0.4, -0.2) is 64.0 Å². The van der Waals surface area contributed by atoms with Crippen molar-refractivity contribution in [2.75, 3.05) is 0 Å². The van der Waals surface area contributed by atoms with E-state index in [1.165, 1.54) is 6.92 Å². The van der Waals surface area contributed by atoms with Gasteiger partial charge in [-0.3, -0.25) is 19.2 Å². The van der Waals surface area contributed by atoms with Gasteiger partial charge in [-0.1, -0.05) is 27.7 Å². The highest BCUT2D eigenvalue weighted by atomic mass is 16.4. The van der Waals surface area contributed by atoms with Crippen molar-refractivity contribution in [3.63, 3.8) is 0 Å². The van der Waals surface area contributed by atoms with Crippen molar-refractivity contribution in [1.29, 1.82) is 0 Å². The van der Waals surface area contributed by atoms with E-state index >= 15 is 0 Å². The summed E-state index contributed by atoms with van der Waals surface area (Å²) in [4.78, 5) is 58.7. The van der Waals surface area contributed by atoms with Gasteiger partial charge >= 0.3 is 11.9 Å². The Balaban J connectivity index is 4.96. The highest BCUT2D eigenvalue weighted by Gasteiger charge is 2.31. The van der Waals surface area contributed by atoms with Gasteiger partial charge in [0.25, 0.3) is 0 Å². The zero-order valence-corrected chi connectivity index (χ0v) is 17.4. The first-order valence-electron chi connectivity index (χ1n) is 9.39. The minimum Gasteiger partial charge on any atom is -0.481 e. The average molecular weight is 416 g/mol. The molecule has 0 radical (unpaired) electrons. The molecular weight excluding hydrogens is 384 g/mol. The Labute approximate surface area is 169 Å². The molecular formula is C18H32N4O7. The topological polar surface area (TPSA) is 188 Å². The van der Waals surface area contributed by atoms with Crippen molar-refractivity contribution in [2.24, 2.45) is 17.6 Å². The molecule has 0 aliphatic heterocycles. The van der Waals surface area contributed by atoms with Crippen molar-refractivity contribution in [3.8, 4) is 0 Å². The maximum atomic E-state index is 12.5. The smallest absolute Gasteiger partial charge is 0.326 e. The van der Waals surface area contributed by atoms with E-state index in [2.05, 4.69) is 16.0 Å². The largest absolute Gasteiger partial charge is 0.481 e. The van der Waals surface area contributed by atoms with E-state index in [-0.39, 0.29) is 24.7 Å². The molecule has 11 heteroatoms. The summed E-state index contributed by atoms with van der Waals surface area (Å²) < 4.78 is 0. The van der Waals surface area contributed by atoms with Gasteiger partial charge in [-0.15, -0.1) is 0 Å². The number of hydrogen-bond donors (Lipinski definition) is 6. The lowest BCUT2D eigenvalue weighted by Gasteiger charge is -2.27. The van der Waals surface area contributed by atoms with Gasteiger partial charge in [0.05, 0.1) is 6.04 Å². The highest BCUT2D eigenvalue weighted by molar-refractivity contribution is 5.94. The quantitative estimate of drug-likeness (QED) is 0.235. The number of aliphatic carboxylic acids is 2. The molecule has 0 saturated heterocycles. The molecule has 4 unspecified atom stereocenters. The number of rotatable bonds is 12. The van der Waals surface area contributed by atoms with Crippen LogP contribution < -0.4 is 21.7 Å². The fourth-order valence-corrected chi connectivity index (χ4v) is 2.37. The van der Waals surface area contributed by atoms with Crippen molar-refractivity contribution in [1.82, 2.24) is 16.0 Å². The lowest BCUT2D eigenvalue weighted by Crippen LogP contribution is -2.58. The first-order valence-corrected chi connectivity index (χ1v) is 9.39. The van der Waals surface area contributed by atoms with Crippen LogP contribution in [0.3, 0.4) is 0 Å². The van der Waals surface area contributed by atoms with E-state index < -0.39 is 53.8 Å². The van der Waals surface area contributed by atoms with Crippen LogP contribution in [-0.2, 0) is 24.0 Å². The third-order valence-corrected chi connectivity index (χ3v) is 4.24. The molecule has 0 aliphatic rings. The Morgan fingerprint density at radius 1 is 0.759 bits per heavy atom. The van der Waals surface area contributed by atoms with Crippen molar-refractivity contribution in [3.05, 3.63) is 0 Å². The zero-order chi connectivity index (χ0) is 22.9. The summed E-state index contributed by atoms with van der Waals surface area (Å²) >= 11 is 0. The number of nitrogens with two attached hydrogens (primary N) is 1. The number of carbonyl (C=O) groups is 5. The first kappa shape index (κ1) is 26.3. The fourth-order valence-electron chi connectivity index (χ4n) is 2.37. The molecule has 0 aromatic rings. The number of carbonyl (C=O) groups excluding carboxylic acids is 3. The third-order valence-electron chi connectivity index (χ3n) is 4.24. The van der Waals surface area contributed by atoms with Gasteiger partial charge in [0.15, 0.2) is 0 Å². The molecule has 0 aliphatic carbocycles. The summed E-state index contributed by atoms with van der Waals surface area (Å²) in [5.41, 5.74) is 5.60. The maximum Gasteiger partial charge on any atom is 0.326 e. The van der Waals surface area contributed by atoms with Gasteiger partial charge < -0.3 is 31.9 Å². The summed E-state index contributed by atoms with van der Waals surface area (Å²) in [7, 11) is 0. The molecule has 166 valence electrons. The van der Waals surface area contributed by atoms with Crippen LogP contribution in [0.15, 0.2) is 0 Å². The van der Waals surface area contributed by atoms with Crippen LogP contribution in [0.2, 0.25) is 0 Å². The minimum absolute atomic E-state index is 0.0850. The Bertz CT molecular complexity index is 621. The first-order chi connectivity index (χ1) is 13.3. The number of amides is 3. The molecule has 0 bridgehead atoms. The Kier molecular flexibility index (Phi) is 10.9. The molecule has 11 nitrogen and oxygen atoms in total. The SMILES string of the molecule is CC(NC(=O)C(N)CCC(=O)O)C(=O)NC(C(=O)NC(C(=O)O)C(C)C)C(C)C. The maximum absolute atomic E-state index is 12.5. The Hall–Kier alpha value is -2.69. The van der Waals surface area contributed by atoms with Gasteiger partial charge in [0, 0.05) is 6.42 Å². The Morgan fingerprint density at radius 3 is 1.66 bits per heavy atom. The normalized spacial score (nSPS) is 15.2. The lowest BCUT2D eigenvalue weighted by molar-refractivity contribution is -0.144. The number of carboxylic acids is 2. The third kappa shape index (κ3) is 9.37. The summed E-state index contributed by atoms with van der Waals surface area (Å²) in [6.45, 7) is 8.04. The molecule has 0 heterocycles. The van der Waals surface area contributed by atoms with E-state index in [9.17, 15) is 29.1 Å².